The Balaban J connectivity index is 1.48. The fraction of sp³-hybridized carbons (Fsp3) is 0.231. The summed E-state index contributed by atoms with van der Waals surface area (Å²) in [5.41, 5.74) is 4.72. The fourth-order valence-corrected chi connectivity index (χ4v) is 3.80. The summed E-state index contributed by atoms with van der Waals surface area (Å²) >= 11 is 0. The van der Waals surface area contributed by atoms with Gasteiger partial charge < -0.3 is 14.5 Å². The number of ketones is 1. The summed E-state index contributed by atoms with van der Waals surface area (Å²) in [5, 5.41) is 5.28. The van der Waals surface area contributed by atoms with Crippen molar-refractivity contribution in [1.82, 2.24) is 14.8 Å². The molecule has 0 aliphatic heterocycles. The Bertz CT molecular complexity index is 1370. The lowest BCUT2D eigenvalue weighted by Crippen LogP contribution is -2.04. The second-order valence-corrected chi connectivity index (χ2v) is 7.86. The highest BCUT2D eigenvalue weighted by atomic mass is 16.5. The zero-order valence-corrected chi connectivity index (χ0v) is 19.3. The molecule has 0 saturated carbocycles. The highest BCUT2D eigenvalue weighted by molar-refractivity contribution is 5.97. The molecular formula is C26H25N3O5. The average Bonchev–Trinajstić information content (AvgIpc) is 3.45. The van der Waals surface area contributed by atoms with E-state index >= 15 is 0 Å². The summed E-state index contributed by atoms with van der Waals surface area (Å²) in [6.07, 6.45) is 0.839. The van der Waals surface area contributed by atoms with Gasteiger partial charge in [0.15, 0.2) is 5.78 Å². The van der Waals surface area contributed by atoms with E-state index in [0.29, 0.717) is 36.4 Å². The van der Waals surface area contributed by atoms with Crippen LogP contribution in [0, 0.1) is 0 Å². The molecule has 0 amide bonds. The minimum Gasteiger partial charge on any atom is -0.465 e. The van der Waals surface area contributed by atoms with Gasteiger partial charge >= 0.3 is 11.9 Å². The SMILES string of the molecule is CCOC(=O)c1cc2cc(-c3cc(C(=O)CCc4ccc(C(=O)OC)cc4)nn3C)ccc2[nH]1. The van der Waals surface area contributed by atoms with Gasteiger partial charge in [0.05, 0.1) is 25.0 Å². The van der Waals surface area contributed by atoms with Crippen LogP contribution >= 0.6 is 0 Å². The first-order valence-electron chi connectivity index (χ1n) is 10.9. The van der Waals surface area contributed by atoms with E-state index in [0.717, 1.165) is 27.7 Å². The number of esters is 2. The third-order valence-corrected chi connectivity index (χ3v) is 5.59. The number of ether oxygens (including phenoxy) is 2. The maximum Gasteiger partial charge on any atom is 0.354 e. The van der Waals surface area contributed by atoms with E-state index < -0.39 is 11.9 Å². The molecule has 0 saturated heterocycles. The van der Waals surface area contributed by atoms with Crippen LogP contribution in [0.3, 0.4) is 0 Å². The number of aromatic amines is 1. The number of hydrogen-bond acceptors (Lipinski definition) is 6. The van der Waals surface area contributed by atoms with Gasteiger partial charge in [-0.05, 0) is 55.3 Å². The van der Waals surface area contributed by atoms with E-state index in [2.05, 4.69) is 10.1 Å². The van der Waals surface area contributed by atoms with Crippen LogP contribution in [0.2, 0.25) is 0 Å². The van der Waals surface area contributed by atoms with Gasteiger partial charge in [-0.25, -0.2) is 9.59 Å². The summed E-state index contributed by atoms with van der Waals surface area (Å²) in [4.78, 5) is 39.4. The van der Waals surface area contributed by atoms with Crippen LogP contribution in [0.1, 0.15) is 50.2 Å². The third-order valence-electron chi connectivity index (χ3n) is 5.59. The molecule has 0 radical (unpaired) electrons. The predicted octanol–water partition coefficient (Wildman–Crippen LogP) is 4.35. The van der Waals surface area contributed by atoms with Crippen LogP contribution in [-0.2, 0) is 22.9 Å². The van der Waals surface area contributed by atoms with Gasteiger partial charge in [0.2, 0.25) is 0 Å². The molecule has 4 aromatic rings. The first-order valence-corrected chi connectivity index (χ1v) is 10.9. The molecular weight excluding hydrogens is 434 g/mol. The van der Waals surface area contributed by atoms with Crippen molar-refractivity contribution >= 4 is 28.6 Å². The van der Waals surface area contributed by atoms with E-state index in [-0.39, 0.29) is 5.78 Å². The first-order chi connectivity index (χ1) is 16.4. The fourth-order valence-electron chi connectivity index (χ4n) is 3.80. The molecule has 0 bridgehead atoms. The van der Waals surface area contributed by atoms with Crippen molar-refractivity contribution < 1.29 is 23.9 Å². The predicted molar refractivity (Wildman–Crippen MR) is 127 cm³/mol. The second-order valence-electron chi connectivity index (χ2n) is 7.86. The van der Waals surface area contributed by atoms with Crippen molar-refractivity contribution in [2.24, 2.45) is 7.05 Å². The zero-order valence-electron chi connectivity index (χ0n) is 19.3. The standard InChI is InChI=1S/C26H25N3O5/c1-4-34-26(32)22-14-19-13-18(10-11-20(19)27-22)23-15-21(28-29(23)2)24(30)12-7-16-5-8-17(9-6-16)25(31)33-3/h5-6,8-11,13-15,27H,4,7,12H2,1-3H3. The number of aryl methyl sites for hydroxylation is 2. The lowest BCUT2D eigenvalue weighted by Gasteiger charge is -2.02. The molecule has 174 valence electrons. The Hall–Kier alpha value is -4.20. The van der Waals surface area contributed by atoms with Crippen molar-refractivity contribution in [3.05, 3.63) is 77.1 Å². The Labute approximate surface area is 196 Å². The minimum atomic E-state index is -0.395. The number of methoxy groups -OCH3 is 1. The number of carbonyl (C=O) groups excluding carboxylic acids is 3. The smallest absolute Gasteiger partial charge is 0.354 e. The Morgan fingerprint density at radius 2 is 1.76 bits per heavy atom. The minimum absolute atomic E-state index is 0.0637. The van der Waals surface area contributed by atoms with E-state index in [4.69, 9.17) is 9.47 Å². The average molecular weight is 460 g/mol. The Kier molecular flexibility index (Phi) is 6.58. The highest BCUT2D eigenvalue weighted by Crippen LogP contribution is 2.26. The van der Waals surface area contributed by atoms with E-state index in [1.54, 1.807) is 42.9 Å². The van der Waals surface area contributed by atoms with Gasteiger partial charge in [-0.15, -0.1) is 0 Å². The maximum absolute atomic E-state index is 12.8. The first kappa shape index (κ1) is 23.0. The number of H-pyrrole nitrogens is 1. The third kappa shape index (κ3) is 4.76. The molecule has 2 aromatic carbocycles. The number of benzene rings is 2. The summed E-state index contributed by atoms with van der Waals surface area (Å²) < 4.78 is 11.4. The topological polar surface area (TPSA) is 103 Å². The molecule has 0 aliphatic rings. The van der Waals surface area contributed by atoms with Crippen molar-refractivity contribution in [3.63, 3.8) is 0 Å². The van der Waals surface area contributed by atoms with E-state index in [1.807, 2.05) is 30.3 Å². The molecule has 0 atom stereocenters. The van der Waals surface area contributed by atoms with Gasteiger partial charge in [-0.1, -0.05) is 18.2 Å². The summed E-state index contributed by atoms with van der Waals surface area (Å²) in [5.74, 6) is -0.849. The lowest BCUT2D eigenvalue weighted by molar-refractivity contribution is 0.0519. The number of fused-ring (bicyclic) bond motifs is 1. The van der Waals surface area contributed by atoms with Crippen molar-refractivity contribution in [2.75, 3.05) is 13.7 Å². The van der Waals surface area contributed by atoms with Gasteiger partial charge in [0, 0.05) is 29.9 Å². The van der Waals surface area contributed by atoms with Crippen molar-refractivity contribution in [2.45, 2.75) is 19.8 Å². The normalized spacial score (nSPS) is 10.9. The number of rotatable bonds is 8. The van der Waals surface area contributed by atoms with Gasteiger partial charge in [0.25, 0.3) is 0 Å². The van der Waals surface area contributed by atoms with Gasteiger partial charge in [0.1, 0.15) is 11.4 Å². The molecule has 4 rings (SSSR count). The molecule has 2 heterocycles. The summed E-state index contributed by atoms with van der Waals surface area (Å²) in [6.45, 7) is 2.07. The molecule has 0 aliphatic carbocycles. The van der Waals surface area contributed by atoms with Crippen LogP contribution in [0.25, 0.3) is 22.2 Å². The molecule has 8 nitrogen and oxygen atoms in total. The molecule has 8 heteroatoms. The monoisotopic (exact) mass is 459 g/mol. The number of aromatic nitrogens is 3. The van der Waals surface area contributed by atoms with Crippen LogP contribution in [0.5, 0.6) is 0 Å². The number of nitrogens with zero attached hydrogens (tertiary/aromatic N) is 2. The van der Waals surface area contributed by atoms with Crippen LogP contribution in [-0.4, -0.2) is 46.2 Å². The van der Waals surface area contributed by atoms with Crippen LogP contribution in [0.15, 0.2) is 54.6 Å². The number of carbonyl (C=O) groups is 3. The number of hydrogen-bond donors (Lipinski definition) is 1. The Morgan fingerprint density at radius 1 is 1.00 bits per heavy atom. The molecule has 0 unspecified atom stereocenters. The molecule has 0 fully saturated rings. The zero-order chi connectivity index (χ0) is 24.2. The summed E-state index contributed by atoms with van der Waals surface area (Å²) in [6, 6.07) is 16.3. The van der Waals surface area contributed by atoms with Gasteiger partial charge in [-0.3, -0.25) is 9.48 Å². The van der Waals surface area contributed by atoms with Crippen molar-refractivity contribution in [3.8, 4) is 11.3 Å². The number of Topliss-reactive ketones (excluding diaryl/α,β-unsaturated/α-hetero) is 1. The number of nitrogens with one attached hydrogen (secondary N) is 1. The maximum atomic E-state index is 12.8. The largest absolute Gasteiger partial charge is 0.465 e. The van der Waals surface area contributed by atoms with Crippen LogP contribution in [0.4, 0.5) is 0 Å². The van der Waals surface area contributed by atoms with Gasteiger partial charge in [-0.2, -0.15) is 5.10 Å². The highest BCUT2D eigenvalue weighted by Gasteiger charge is 2.16. The van der Waals surface area contributed by atoms with Crippen LogP contribution < -0.4 is 0 Å². The molecule has 34 heavy (non-hydrogen) atoms. The molecule has 0 spiro atoms. The van der Waals surface area contributed by atoms with Crippen molar-refractivity contribution in [1.29, 1.82) is 0 Å². The summed E-state index contributed by atoms with van der Waals surface area (Å²) in [7, 11) is 3.14. The Morgan fingerprint density at radius 3 is 2.47 bits per heavy atom. The molecule has 1 N–H and O–H groups in total. The lowest BCUT2D eigenvalue weighted by atomic mass is 10.0. The second kappa shape index (κ2) is 9.74. The quantitative estimate of drug-likeness (QED) is 0.310. The molecule has 2 aromatic heterocycles. The van der Waals surface area contributed by atoms with E-state index in [1.165, 1.54) is 7.11 Å². The van der Waals surface area contributed by atoms with E-state index in [9.17, 15) is 14.4 Å².